The smallest absolute Gasteiger partial charge is 0.167 e. The van der Waals surface area contributed by atoms with Crippen LogP contribution in [0.15, 0.2) is 37.2 Å². The minimum Gasteiger partial charge on any atom is -0.387 e. The lowest BCUT2D eigenvalue weighted by atomic mass is 10.1. The van der Waals surface area contributed by atoms with E-state index in [0.29, 0.717) is 24.3 Å². The summed E-state index contributed by atoms with van der Waals surface area (Å²) >= 11 is 0. The van der Waals surface area contributed by atoms with Crippen LogP contribution in [-0.4, -0.2) is 59.6 Å². The summed E-state index contributed by atoms with van der Waals surface area (Å²) in [5, 5.41) is 24.0. The van der Waals surface area contributed by atoms with Crippen LogP contribution in [0.1, 0.15) is 11.8 Å². The van der Waals surface area contributed by atoms with E-state index in [1.54, 1.807) is 17.0 Å². The number of nitrogens with one attached hydrogen (secondary N) is 1. The molecule has 0 saturated carbocycles. The van der Waals surface area contributed by atoms with Crippen molar-refractivity contribution in [2.75, 3.05) is 12.3 Å². The fourth-order valence-corrected chi connectivity index (χ4v) is 3.04. The number of ether oxygens (including phenoxy) is 1. The Bertz CT molecular complexity index is 888. The van der Waals surface area contributed by atoms with E-state index in [4.69, 9.17) is 10.5 Å². The van der Waals surface area contributed by atoms with Crippen LogP contribution in [0.2, 0.25) is 0 Å². The van der Waals surface area contributed by atoms with Crippen LogP contribution in [0.5, 0.6) is 0 Å². The van der Waals surface area contributed by atoms with Crippen molar-refractivity contribution in [1.82, 2.24) is 29.8 Å². The van der Waals surface area contributed by atoms with Gasteiger partial charge < -0.3 is 26.0 Å². The molecule has 1 aliphatic rings. The third-order valence-corrected chi connectivity index (χ3v) is 4.42. The number of hydrogen-bond acceptors (Lipinski definition) is 9. The quantitative estimate of drug-likeness (QED) is 0.462. The molecule has 4 heterocycles. The van der Waals surface area contributed by atoms with E-state index in [-0.39, 0.29) is 5.82 Å². The summed E-state index contributed by atoms with van der Waals surface area (Å²) in [5.74, 6) is 0.248. The fourth-order valence-electron chi connectivity index (χ4n) is 3.04. The zero-order chi connectivity index (χ0) is 18.1. The second kappa shape index (κ2) is 6.92. The molecule has 5 N–H and O–H groups in total. The van der Waals surface area contributed by atoms with Crippen molar-refractivity contribution in [1.29, 1.82) is 0 Å². The molecule has 3 aromatic heterocycles. The summed E-state index contributed by atoms with van der Waals surface area (Å²) in [7, 11) is 0. The van der Waals surface area contributed by atoms with Gasteiger partial charge >= 0.3 is 0 Å². The summed E-state index contributed by atoms with van der Waals surface area (Å²) in [5.41, 5.74) is 7.72. The SMILES string of the molecule is Nc1ncnc2c1ncn2[C@@H]1O[C@H](CNCc2ccncc2)[C@@H](O)[C@H]1O. The van der Waals surface area contributed by atoms with Gasteiger partial charge in [0.2, 0.25) is 0 Å². The van der Waals surface area contributed by atoms with Crippen LogP contribution < -0.4 is 11.1 Å². The minimum atomic E-state index is -1.11. The molecule has 0 aromatic carbocycles. The maximum Gasteiger partial charge on any atom is 0.167 e. The van der Waals surface area contributed by atoms with E-state index in [1.165, 1.54) is 12.7 Å². The maximum absolute atomic E-state index is 10.4. The second-order valence-corrected chi connectivity index (χ2v) is 6.12. The summed E-state index contributed by atoms with van der Waals surface area (Å²) in [6.07, 6.45) is 2.69. The number of pyridine rings is 1. The molecule has 0 bridgehead atoms. The molecule has 1 aliphatic heterocycles. The Kier molecular flexibility index (Phi) is 4.47. The Balaban J connectivity index is 1.46. The lowest BCUT2D eigenvalue weighted by Gasteiger charge is -2.16. The molecule has 136 valence electrons. The summed E-state index contributed by atoms with van der Waals surface area (Å²) in [6, 6.07) is 3.80. The predicted octanol–water partition coefficient (Wildman–Crippen LogP) is -0.788. The van der Waals surface area contributed by atoms with Crippen molar-refractivity contribution in [2.24, 2.45) is 0 Å². The molecule has 10 heteroatoms. The van der Waals surface area contributed by atoms with Crippen LogP contribution in [0.25, 0.3) is 11.2 Å². The Labute approximate surface area is 148 Å². The van der Waals surface area contributed by atoms with Gasteiger partial charge in [0.15, 0.2) is 17.7 Å². The lowest BCUT2D eigenvalue weighted by molar-refractivity contribution is -0.0342. The molecule has 1 fully saturated rings. The van der Waals surface area contributed by atoms with Crippen molar-refractivity contribution >= 4 is 17.0 Å². The van der Waals surface area contributed by atoms with Crippen LogP contribution >= 0.6 is 0 Å². The number of anilines is 1. The predicted molar refractivity (Wildman–Crippen MR) is 91.6 cm³/mol. The highest BCUT2D eigenvalue weighted by Crippen LogP contribution is 2.31. The molecule has 0 aliphatic carbocycles. The molecule has 3 aromatic rings. The standard InChI is InChI=1S/C16H19N7O3/c17-14-11-15(21-7-20-14)23(8-22-11)16-13(25)12(24)10(26-16)6-19-5-9-1-3-18-4-2-9/h1-4,7-8,10,12-13,16,19,24-25H,5-6H2,(H2,17,20,21)/t10-,12-,13-,16-/m1/s1. The van der Waals surface area contributed by atoms with Crippen molar-refractivity contribution in [2.45, 2.75) is 31.1 Å². The molecule has 1 saturated heterocycles. The Morgan fingerprint density at radius 3 is 2.77 bits per heavy atom. The number of nitrogens with two attached hydrogens (primary N) is 1. The lowest BCUT2D eigenvalue weighted by Crippen LogP contribution is -2.37. The number of hydrogen-bond donors (Lipinski definition) is 4. The van der Waals surface area contributed by atoms with Crippen molar-refractivity contribution in [3.8, 4) is 0 Å². The first kappa shape index (κ1) is 16.8. The Hall–Kier alpha value is -2.66. The normalized spacial score (nSPS) is 25.8. The molecule has 4 rings (SSSR count). The molecule has 0 unspecified atom stereocenters. The van der Waals surface area contributed by atoms with Gasteiger partial charge in [-0.15, -0.1) is 0 Å². The average Bonchev–Trinajstić information content (AvgIpc) is 3.20. The largest absolute Gasteiger partial charge is 0.387 e. The molecule has 0 spiro atoms. The van der Waals surface area contributed by atoms with Gasteiger partial charge in [-0.05, 0) is 17.7 Å². The van der Waals surface area contributed by atoms with Gasteiger partial charge in [-0.1, -0.05) is 0 Å². The van der Waals surface area contributed by atoms with Gasteiger partial charge in [-0.25, -0.2) is 15.0 Å². The number of rotatable bonds is 5. The second-order valence-electron chi connectivity index (χ2n) is 6.12. The molecule has 0 amide bonds. The van der Waals surface area contributed by atoms with E-state index < -0.39 is 24.5 Å². The maximum atomic E-state index is 10.4. The average molecular weight is 357 g/mol. The van der Waals surface area contributed by atoms with Gasteiger partial charge in [-0.2, -0.15) is 0 Å². The van der Waals surface area contributed by atoms with Gasteiger partial charge in [-0.3, -0.25) is 9.55 Å². The van der Waals surface area contributed by atoms with Crippen LogP contribution in [-0.2, 0) is 11.3 Å². The summed E-state index contributed by atoms with van der Waals surface area (Å²) < 4.78 is 7.42. The van der Waals surface area contributed by atoms with E-state index in [1.807, 2.05) is 12.1 Å². The van der Waals surface area contributed by atoms with Crippen molar-refractivity contribution < 1.29 is 14.9 Å². The molecule has 0 radical (unpaired) electrons. The highest BCUT2D eigenvalue weighted by Gasteiger charge is 2.44. The van der Waals surface area contributed by atoms with E-state index in [0.717, 1.165) is 5.56 Å². The third kappa shape index (κ3) is 2.99. The fraction of sp³-hybridized carbons (Fsp3) is 0.375. The van der Waals surface area contributed by atoms with Crippen LogP contribution in [0.4, 0.5) is 5.82 Å². The molecule has 26 heavy (non-hydrogen) atoms. The van der Waals surface area contributed by atoms with Crippen LogP contribution in [0, 0.1) is 0 Å². The number of nitrogen functional groups attached to an aromatic ring is 1. The van der Waals surface area contributed by atoms with E-state index in [2.05, 4.69) is 25.3 Å². The van der Waals surface area contributed by atoms with Gasteiger partial charge in [0, 0.05) is 25.5 Å². The Morgan fingerprint density at radius 2 is 1.96 bits per heavy atom. The van der Waals surface area contributed by atoms with Crippen molar-refractivity contribution in [3.63, 3.8) is 0 Å². The molecule has 10 nitrogen and oxygen atoms in total. The van der Waals surface area contributed by atoms with Crippen LogP contribution in [0.3, 0.4) is 0 Å². The van der Waals surface area contributed by atoms with E-state index in [9.17, 15) is 10.2 Å². The molecule has 4 atom stereocenters. The number of aliphatic hydroxyl groups is 2. The number of imidazole rings is 1. The summed E-state index contributed by atoms with van der Waals surface area (Å²) in [4.78, 5) is 16.2. The minimum absolute atomic E-state index is 0.248. The third-order valence-electron chi connectivity index (χ3n) is 4.42. The topological polar surface area (TPSA) is 144 Å². The van der Waals surface area contributed by atoms with Crippen molar-refractivity contribution in [3.05, 3.63) is 42.7 Å². The molecular formula is C16H19N7O3. The summed E-state index contributed by atoms with van der Waals surface area (Å²) in [6.45, 7) is 0.981. The first-order valence-corrected chi connectivity index (χ1v) is 8.19. The Morgan fingerprint density at radius 1 is 1.15 bits per heavy atom. The van der Waals surface area contributed by atoms with E-state index >= 15 is 0 Å². The number of aromatic nitrogens is 5. The first-order valence-electron chi connectivity index (χ1n) is 8.19. The zero-order valence-corrected chi connectivity index (χ0v) is 13.8. The highest BCUT2D eigenvalue weighted by atomic mass is 16.6. The monoisotopic (exact) mass is 357 g/mol. The highest BCUT2D eigenvalue weighted by molar-refractivity contribution is 5.81. The van der Waals surface area contributed by atoms with Gasteiger partial charge in [0.05, 0.1) is 6.33 Å². The zero-order valence-electron chi connectivity index (χ0n) is 13.8. The number of nitrogens with zero attached hydrogens (tertiary/aromatic N) is 5. The molecular weight excluding hydrogens is 338 g/mol. The number of fused-ring (bicyclic) bond motifs is 1. The van der Waals surface area contributed by atoms with Gasteiger partial charge in [0.25, 0.3) is 0 Å². The van der Waals surface area contributed by atoms with Gasteiger partial charge in [0.1, 0.15) is 30.2 Å². The number of aliphatic hydroxyl groups excluding tert-OH is 2. The first-order chi connectivity index (χ1) is 12.6.